The molecule has 0 bridgehead atoms. The highest BCUT2D eigenvalue weighted by Crippen LogP contribution is 2.40. The zero-order valence-corrected chi connectivity index (χ0v) is 25.2. The van der Waals surface area contributed by atoms with Crippen LogP contribution >= 0.6 is 11.6 Å². The number of para-hydroxylation sites is 1. The van der Waals surface area contributed by atoms with E-state index in [1.165, 1.54) is 11.1 Å². The Hall–Kier alpha value is -5.84. The highest BCUT2D eigenvalue weighted by Gasteiger charge is 2.20. The summed E-state index contributed by atoms with van der Waals surface area (Å²) in [6.45, 7) is 0. The monoisotopic (exact) mass is 609 g/mol. The van der Waals surface area contributed by atoms with Gasteiger partial charge >= 0.3 is 0 Å². The van der Waals surface area contributed by atoms with Crippen molar-refractivity contribution in [1.29, 1.82) is 0 Å². The molecule has 9 rings (SSSR count). The molecule has 0 unspecified atom stereocenters. The number of fused-ring (bicyclic) bond motifs is 5. The average Bonchev–Trinajstić information content (AvgIpc) is 3.52. The van der Waals surface area contributed by atoms with Gasteiger partial charge in [-0.3, -0.25) is 0 Å². The second-order valence-corrected chi connectivity index (χ2v) is 11.8. The summed E-state index contributed by atoms with van der Waals surface area (Å²) in [6.07, 6.45) is 0. The van der Waals surface area contributed by atoms with Crippen LogP contribution < -0.4 is 0 Å². The summed E-state index contributed by atoms with van der Waals surface area (Å²) in [5.41, 5.74) is 6.44. The molecule has 0 aliphatic heterocycles. The van der Waals surface area contributed by atoms with Gasteiger partial charge in [0.15, 0.2) is 23.1 Å². The van der Waals surface area contributed by atoms with Crippen LogP contribution in [0.15, 0.2) is 150 Å². The predicted octanol–water partition coefficient (Wildman–Crippen LogP) is 11.4. The van der Waals surface area contributed by atoms with Crippen LogP contribution in [0.25, 0.3) is 88.8 Å². The topological polar surface area (TPSA) is 51.8 Å². The molecule has 7 aromatic carbocycles. The van der Waals surface area contributed by atoms with Crippen molar-refractivity contribution in [2.45, 2.75) is 0 Å². The molecule has 0 amide bonds. The highest BCUT2D eigenvalue weighted by molar-refractivity contribution is 6.36. The Labute approximate surface area is 269 Å². The molecule has 9 aromatic rings. The van der Waals surface area contributed by atoms with Crippen LogP contribution in [0.4, 0.5) is 0 Å². The van der Waals surface area contributed by atoms with Crippen LogP contribution in [0.5, 0.6) is 0 Å². The second kappa shape index (κ2) is 10.7. The molecule has 0 aliphatic carbocycles. The Balaban J connectivity index is 1.28. The smallest absolute Gasteiger partial charge is 0.164 e. The Morgan fingerprint density at radius 2 is 1.09 bits per heavy atom. The van der Waals surface area contributed by atoms with E-state index in [0.29, 0.717) is 28.1 Å². The number of benzene rings is 7. The van der Waals surface area contributed by atoms with E-state index < -0.39 is 0 Å². The molecule has 5 heteroatoms. The van der Waals surface area contributed by atoms with Crippen LogP contribution in [0.3, 0.4) is 0 Å². The molecule has 46 heavy (non-hydrogen) atoms. The minimum atomic E-state index is 0.544. The number of furan rings is 1. The molecule has 216 valence electrons. The molecular formula is C41H24ClN3O. The van der Waals surface area contributed by atoms with Gasteiger partial charge in [0.1, 0.15) is 5.58 Å². The lowest BCUT2D eigenvalue weighted by atomic mass is 9.99. The van der Waals surface area contributed by atoms with Crippen LogP contribution in [-0.2, 0) is 0 Å². The van der Waals surface area contributed by atoms with Crippen molar-refractivity contribution in [3.63, 3.8) is 0 Å². The molecular weight excluding hydrogens is 586 g/mol. The SMILES string of the molecule is Clc1ccc(-c2nc(-c3ccc4cc(-c5ccccc5)ccc4c3)nc(-c3cccc4ccccc34)n2)c2c1oc1ccccc12. The third-order valence-electron chi connectivity index (χ3n) is 8.59. The summed E-state index contributed by atoms with van der Waals surface area (Å²) in [5.74, 6) is 1.76. The minimum Gasteiger partial charge on any atom is -0.454 e. The van der Waals surface area contributed by atoms with Crippen molar-refractivity contribution in [1.82, 2.24) is 15.0 Å². The van der Waals surface area contributed by atoms with Crippen molar-refractivity contribution in [2.75, 3.05) is 0 Å². The van der Waals surface area contributed by atoms with Gasteiger partial charge in [-0.15, -0.1) is 0 Å². The second-order valence-electron chi connectivity index (χ2n) is 11.4. The Morgan fingerprint density at radius 1 is 0.435 bits per heavy atom. The molecule has 0 atom stereocenters. The van der Waals surface area contributed by atoms with Crippen molar-refractivity contribution in [3.05, 3.63) is 151 Å². The van der Waals surface area contributed by atoms with Gasteiger partial charge in [-0.25, -0.2) is 15.0 Å². The van der Waals surface area contributed by atoms with E-state index in [1.54, 1.807) is 0 Å². The molecule has 0 fully saturated rings. The van der Waals surface area contributed by atoms with E-state index in [0.717, 1.165) is 54.6 Å². The number of rotatable bonds is 4. The molecule has 0 aliphatic rings. The summed E-state index contributed by atoms with van der Waals surface area (Å²) in [6, 6.07) is 49.7. The minimum absolute atomic E-state index is 0.544. The normalized spacial score (nSPS) is 11.6. The maximum Gasteiger partial charge on any atom is 0.164 e. The first-order valence-corrected chi connectivity index (χ1v) is 15.5. The van der Waals surface area contributed by atoms with Crippen LogP contribution in [0, 0.1) is 0 Å². The lowest BCUT2D eigenvalue weighted by Gasteiger charge is -2.12. The Kier molecular flexibility index (Phi) is 6.15. The largest absolute Gasteiger partial charge is 0.454 e. The van der Waals surface area contributed by atoms with Gasteiger partial charge in [-0.2, -0.15) is 0 Å². The van der Waals surface area contributed by atoms with Gasteiger partial charge in [0.05, 0.1) is 5.02 Å². The molecule has 2 aromatic heterocycles. The summed E-state index contributed by atoms with van der Waals surface area (Å²) < 4.78 is 6.22. The van der Waals surface area contributed by atoms with Gasteiger partial charge < -0.3 is 4.42 Å². The first-order valence-electron chi connectivity index (χ1n) is 15.1. The molecule has 0 spiro atoms. The fraction of sp³-hybridized carbons (Fsp3) is 0. The van der Waals surface area contributed by atoms with Crippen molar-refractivity contribution < 1.29 is 4.42 Å². The lowest BCUT2D eigenvalue weighted by molar-refractivity contribution is 0.669. The number of hydrogen-bond acceptors (Lipinski definition) is 4. The standard InChI is InChI=1S/C41H24ClN3O/c42-35-22-21-34(37-33-14-6-7-16-36(33)46-38(35)37)41-44-39(43-40(45-41)32-15-8-12-26-11-4-5-13-31(26)32)30-20-19-28-23-27(17-18-29(28)24-30)25-9-2-1-3-10-25/h1-24H. The summed E-state index contributed by atoms with van der Waals surface area (Å²) >= 11 is 6.67. The van der Waals surface area contributed by atoms with Crippen molar-refractivity contribution >= 4 is 55.1 Å². The third kappa shape index (κ3) is 4.42. The lowest BCUT2D eigenvalue weighted by Crippen LogP contribution is -2.01. The van der Waals surface area contributed by atoms with Crippen LogP contribution in [0.2, 0.25) is 5.02 Å². The van der Waals surface area contributed by atoms with Crippen molar-refractivity contribution in [3.8, 4) is 45.3 Å². The number of aromatic nitrogens is 3. The summed E-state index contributed by atoms with van der Waals surface area (Å²) in [4.78, 5) is 15.3. The zero-order valence-electron chi connectivity index (χ0n) is 24.5. The average molecular weight is 610 g/mol. The van der Waals surface area contributed by atoms with Crippen LogP contribution in [0.1, 0.15) is 0 Å². The molecule has 4 nitrogen and oxygen atoms in total. The zero-order chi connectivity index (χ0) is 30.6. The van der Waals surface area contributed by atoms with Gasteiger partial charge in [0.25, 0.3) is 0 Å². The molecule has 0 N–H and O–H groups in total. The molecule has 0 saturated heterocycles. The van der Waals surface area contributed by atoms with E-state index in [4.69, 9.17) is 31.0 Å². The van der Waals surface area contributed by atoms with Crippen LogP contribution in [-0.4, -0.2) is 15.0 Å². The van der Waals surface area contributed by atoms with E-state index in [-0.39, 0.29) is 0 Å². The first kappa shape index (κ1) is 26.6. The maximum absolute atomic E-state index is 6.67. The molecule has 0 saturated carbocycles. The van der Waals surface area contributed by atoms with Gasteiger partial charge in [0.2, 0.25) is 0 Å². The third-order valence-corrected chi connectivity index (χ3v) is 8.89. The first-order chi connectivity index (χ1) is 22.7. The summed E-state index contributed by atoms with van der Waals surface area (Å²) in [7, 11) is 0. The van der Waals surface area contributed by atoms with Crippen molar-refractivity contribution in [2.24, 2.45) is 0 Å². The Bertz CT molecular complexity index is 2600. The van der Waals surface area contributed by atoms with E-state index in [2.05, 4.69) is 84.9 Å². The maximum atomic E-state index is 6.67. The van der Waals surface area contributed by atoms with Gasteiger partial charge in [-0.05, 0) is 63.0 Å². The molecule has 2 heterocycles. The number of hydrogen-bond donors (Lipinski definition) is 0. The van der Waals surface area contributed by atoms with E-state index in [9.17, 15) is 0 Å². The van der Waals surface area contributed by atoms with Gasteiger partial charge in [-0.1, -0.05) is 127 Å². The van der Waals surface area contributed by atoms with Gasteiger partial charge in [0, 0.05) is 27.5 Å². The highest BCUT2D eigenvalue weighted by atomic mass is 35.5. The van der Waals surface area contributed by atoms with E-state index >= 15 is 0 Å². The summed E-state index contributed by atoms with van der Waals surface area (Å²) in [5, 5.41) is 6.86. The number of halogens is 1. The quantitative estimate of drug-likeness (QED) is 0.199. The predicted molar refractivity (Wildman–Crippen MR) is 189 cm³/mol. The molecule has 0 radical (unpaired) electrons. The van der Waals surface area contributed by atoms with E-state index in [1.807, 2.05) is 60.7 Å². The fourth-order valence-corrected chi connectivity index (χ4v) is 6.54. The Morgan fingerprint density at radius 3 is 1.93 bits per heavy atom. The fourth-order valence-electron chi connectivity index (χ4n) is 6.34. The number of nitrogens with zero attached hydrogens (tertiary/aromatic N) is 3.